The van der Waals surface area contributed by atoms with Crippen molar-refractivity contribution in [2.45, 2.75) is 92.9 Å². The average Bonchev–Trinajstić information content (AvgIpc) is 2.44. The lowest BCUT2D eigenvalue weighted by atomic mass is 9.68. The molecule has 2 rings (SSSR count). The van der Waals surface area contributed by atoms with Crippen molar-refractivity contribution in [3.8, 4) is 0 Å². The smallest absolute Gasteiger partial charge is 0.0494 e. The third-order valence-electron chi connectivity index (χ3n) is 6.86. The number of hydrogen-bond donors (Lipinski definition) is 0. The molecule has 4 atom stereocenters. The van der Waals surface area contributed by atoms with Gasteiger partial charge in [0.05, 0.1) is 0 Å². The largest absolute Gasteiger partial charge is 0.381 e. The molecule has 2 aliphatic carbocycles. The molecule has 4 unspecified atom stereocenters. The Labute approximate surface area is 146 Å². The van der Waals surface area contributed by atoms with Crippen molar-refractivity contribution >= 4 is 0 Å². The summed E-state index contributed by atoms with van der Waals surface area (Å²) in [5.41, 5.74) is 1.11. The Balaban J connectivity index is 1.69. The van der Waals surface area contributed by atoms with Crippen LogP contribution >= 0.6 is 0 Å². The molecule has 0 radical (unpaired) electrons. The highest BCUT2D eigenvalue weighted by molar-refractivity contribution is 4.83. The standard InChI is InChI=1S/C22H42O/c1-17(19-9-7-11-21(3,4)13-19)15-23-16-18(2)20-10-8-12-22(5,6)14-20/h17-20H,7-16H2,1-6H3. The molecule has 0 aromatic heterocycles. The lowest BCUT2D eigenvalue weighted by molar-refractivity contribution is 0.0178. The molecule has 0 N–H and O–H groups in total. The molecule has 2 saturated carbocycles. The predicted octanol–water partition coefficient (Wildman–Crippen LogP) is 6.71. The van der Waals surface area contributed by atoms with E-state index in [1.165, 1.54) is 51.4 Å². The number of rotatable bonds is 6. The average molecular weight is 323 g/mol. The van der Waals surface area contributed by atoms with Crippen LogP contribution in [0.1, 0.15) is 92.9 Å². The summed E-state index contributed by atoms with van der Waals surface area (Å²) in [4.78, 5) is 0. The maximum atomic E-state index is 6.20. The second-order valence-electron chi connectivity index (χ2n) is 10.5. The first-order valence-electron chi connectivity index (χ1n) is 10.3. The highest BCUT2D eigenvalue weighted by Gasteiger charge is 2.32. The molecule has 0 aliphatic heterocycles. The van der Waals surface area contributed by atoms with Gasteiger partial charge in [0.2, 0.25) is 0 Å². The van der Waals surface area contributed by atoms with Gasteiger partial charge in [-0.25, -0.2) is 0 Å². The van der Waals surface area contributed by atoms with Crippen LogP contribution in [0.25, 0.3) is 0 Å². The summed E-state index contributed by atoms with van der Waals surface area (Å²) in [5.74, 6) is 3.21. The first kappa shape index (κ1) is 19.3. The molecule has 0 aromatic carbocycles. The van der Waals surface area contributed by atoms with Crippen molar-refractivity contribution in [1.82, 2.24) is 0 Å². The quantitative estimate of drug-likeness (QED) is 0.528. The summed E-state index contributed by atoms with van der Waals surface area (Å²) < 4.78 is 6.20. The topological polar surface area (TPSA) is 9.23 Å². The molecule has 2 fully saturated rings. The van der Waals surface area contributed by atoms with E-state index in [2.05, 4.69) is 41.5 Å². The van der Waals surface area contributed by atoms with Gasteiger partial charge in [0.15, 0.2) is 0 Å². The van der Waals surface area contributed by atoms with Gasteiger partial charge in [-0.2, -0.15) is 0 Å². The fourth-order valence-corrected chi connectivity index (χ4v) is 5.20. The van der Waals surface area contributed by atoms with Crippen molar-refractivity contribution in [3.63, 3.8) is 0 Å². The molecular weight excluding hydrogens is 280 g/mol. The van der Waals surface area contributed by atoms with E-state index in [4.69, 9.17) is 4.74 Å². The fraction of sp³-hybridized carbons (Fsp3) is 1.00. The van der Waals surface area contributed by atoms with Gasteiger partial charge >= 0.3 is 0 Å². The van der Waals surface area contributed by atoms with Crippen molar-refractivity contribution < 1.29 is 4.74 Å². The highest BCUT2D eigenvalue weighted by atomic mass is 16.5. The molecule has 0 amide bonds. The molecule has 1 nitrogen and oxygen atoms in total. The zero-order valence-electron chi connectivity index (χ0n) is 16.8. The maximum absolute atomic E-state index is 6.20. The second-order valence-corrected chi connectivity index (χ2v) is 10.5. The molecule has 2 aliphatic rings. The zero-order valence-corrected chi connectivity index (χ0v) is 16.8. The SMILES string of the molecule is CC(COCC(C)C1CCCC(C)(C)C1)C1CCCC(C)(C)C1. The minimum atomic E-state index is 0.554. The van der Waals surface area contributed by atoms with Gasteiger partial charge in [0.1, 0.15) is 0 Å². The summed E-state index contributed by atoms with van der Waals surface area (Å²) in [6, 6.07) is 0. The fourth-order valence-electron chi connectivity index (χ4n) is 5.20. The summed E-state index contributed by atoms with van der Waals surface area (Å²) in [7, 11) is 0. The minimum Gasteiger partial charge on any atom is -0.381 e. The normalized spacial score (nSPS) is 33.1. The molecule has 0 aromatic rings. The Bertz CT molecular complexity index is 323. The number of hydrogen-bond acceptors (Lipinski definition) is 1. The third kappa shape index (κ3) is 6.07. The van der Waals surface area contributed by atoms with E-state index in [-0.39, 0.29) is 0 Å². The Hall–Kier alpha value is -0.0400. The third-order valence-corrected chi connectivity index (χ3v) is 6.86. The van der Waals surface area contributed by atoms with Gasteiger partial charge in [-0.05, 0) is 60.2 Å². The van der Waals surface area contributed by atoms with Crippen molar-refractivity contribution in [2.24, 2.45) is 34.5 Å². The van der Waals surface area contributed by atoms with Crippen LogP contribution in [0.3, 0.4) is 0 Å². The first-order valence-corrected chi connectivity index (χ1v) is 10.3. The van der Waals surface area contributed by atoms with Gasteiger partial charge in [-0.3, -0.25) is 0 Å². The van der Waals surface area contributed by atoms with Gasteiger partial charge in [0.25, 0.3) is 0 Å². The van der Waals surface area contributed by atoms with Gasteiger partial charge in [-0.15, -0.1) is 0 Å². The van der Waals surface area contributed by atoms with Crippen LogP contribution in [-0.4, -0.2) is 13.2 Å². The summed E-state index contributed by atoms with van der Waals surface area (Å²) in [5, 5.41) is 0. The van der Waals surface area contributed by atoms with Crippen LogP contribution in [0.2, 0.25) is 0 Å². The Kier molecular flexibility index (Phi) is 6.62. The minimum absolute atomic E-state index is 0.554. The maximum Gasteiger partial charge on any atom is 0.0494 e. The van der Waals surface area contributed by atoms with Crippen LogP contribution in [0.4, 0.5) is 0 Å². The lowest BCUT2D eigenvalue weighted by Crippen LogP contribution is -2.30. The Morgan fingerprint density at radius 2 is 1.17 bits per heavy atom. The van der Waals surface area contributed by atoms with Gasteiger partial charge in [0, 0.05) is 13.2 Å². The van der Waals surface area contributed by atoms with Crippen LogP contribution in [0, 0.1) is 34.5 Å². The van der Waals surface area contributed by atoms with E-state index >= 15 is 0 Å². The van der Waals surface area contributed by atoms with Crippen LogP contribution < -0.4 is 0 Å². The Morgan fingerprint density at radius 3 is 1.52 bits per heavy atom. The van der Waals surface area contributed by atoms with Crippen LogP contribution in [0.5, 0.6) is 0 Å². The molecule has 136 valence electrons. The predicted molar refractivity (Wildman–Crippen MR) is 101 cm³/mol. The van der Waals surface area contributed by atoms with Gasteiger partial charge in [-0.1, -0.05) is 67.2 Å². The van der Waals surface area contributed by atoms with Crippen molar-refractivity contribution in [2.75, 3.05) is 13.2 Å². The molecule has 1 heteroatoms. The van der Waals surface area contributed by atoms with Gasteiger partial charge < -0.3 is 4.74 Å². The van der Waals surface area contributed by atoms with Crippen LogP contribution in [0.15, 0.2) is 0 Å². The monoisotopic (exact) mass is 322 g/mol. The van der Waals surface area contributed by atoms with E-state index in [0.29, 0.717) is 10.8 Å². The van der Waals surface area contributed by atoms with E-state index in [1.54, 1.807) is 0 Å². The zero-order chi connectivity index (χ0) is 17.1. The second kappa shape index (κ2) is 7.89. The van der Waals surface area contributed by atoms with E-state index in [0.717, 1.165) is 36.9 Å². The molecule has 0 saturated heterocycles. The molecule has 23 heavy (non-hydrogen) atoms. The molecule has 0 heterocycles. The van der Waals surface area contributed by atoms with Crippen molar-refractivity contribution in [3.05, 3.63) is 0 Å². The summed E-state index contributed by atoms with van der Waals surface area (Å²) in [6.45, 7) is 16.6. The number of ether oxygens (including phenoxy) is 1. The molecular formula is C22H42O. The summed E-state index contributed by atoms with van der Waals surface area (Å²) >= 11 is 0. The van der Waals surface area contributed by atoms with E-state index < -0.39 is 0 Å². The van der Waals surface area contributed by atoms with E-state index in [1.807, 2.05) is 0 Å². The van der Waals surface area contributed by atoms with E-state index in [9.17, 15) is 0 Å². The Morgan fingerprint density at radius 1 is 0.783 bits per heavy atom. The summed E-state index contributed by atoms with van der Waals surface area (Å²) in [6.07, 6.45) is 11.3. The molecule has 0 spiro atoms. The van der Waals surface area contributed by atoms with Crippen LogP contribution in [-0.2, 0) is 4.74 Å². The molecule has 0 bridgehead atoms. The highest BCUT2D eigenvalue weighted by Crippen LogP contribution is 2.43. The first-order chi connectivity index (χ1) is 10.7. The van der Waals surface area contributed by atoms with Crippen molar-refractivity contribution in [1.29, 1.82) is 0 Å². The lowest BCUT2D eigenvalue weighted by Gasteiger charge is -2.39.